The van der Waals surface area contributed by atoms with E-state index in [0.717, 1.165) is 13.1 Å². The first-order valence-corrected chi connectivity index (χ1v) is 10.5. The fraction of sp³-hybridized carbons (Fsp3) is 0.522. The van der Waals surface area contributed by atoms with Gasteiger partial charge >= 0.3 is 0 Å². The van der Waals surface area contributed by atoms with Crippen molar-refractivity contribution in [2.75, 3.05) is 41.0 Å². The first-order chi connectivity index (χ1) is 14.6. The van der Waals surface area contributed by atoms with Crippen LogP contribution in [0, 0.1) is 0 Å². The van der Waals surface area contributed by atoms with E-state index in [-0.39, 0.29) is 11.9 Å². The van der Waals surface area contributed by atoms with Crippen LogP contribution in [0.15, 0.2) is 30.5 Å². The van der Waals surface area contributed by atoms with Gasteiger partial charge in [0.25, 0.3) is 5.91 Å². The number of benzene rings is 1. The molecule has 1 aliphatic heterocycles. The Kier molecular flexibility index (Phi) is 7.63. The third kappa shape index (κ3) is 4.90. The zero-order chi connectivity index (χ0) is 21.5. The van der Waals surface area contributed by atoms with E-state index < -0.39 is 0 Å². The van der Waals surface area contributed by atoms with E-state index in [0.29, 0.717) is 29.4 Å². The first-order valence-electron chi connectivity index (χ1n) is 10.5. The molecule has 1 amide bonds. The normalized spacial score (nSPS) is 15.9. The maximum atomic E-state index is 13.0. The molecule has 1 aromatic heterocycles. The fourth-order valence-corrected chi connectivity index (χ4v) is 4.15. The monoisotopic (exact) mass is 415 g/mol. The average Bonchev–Trinajstić information content (AvgIpc) is 3.01. The standard InChI is InChI=1S/C23H33N3O4/c1-25-11-9-10-18(25)19(26-12-7-5-6-8-13-26)16-24-23(27)17-14-20(28-2)22(30-4)21(15-17)29-3/h9-11,14-15,19H,5-8,12-13,16H2,1-4H3,(H,24,27). The summed E-state index contributed by atoms with van der Waals surface area (Å²) in [4.78, 5) is 15.5. The topological polar surface area (TPSA) is 65.0 Å². The second-order valence-electron chi connectivity index (χ2n) is 7.63. The predicted octanol–water partition coefficient (Wildman–Crippen LogP) is 3.40. The van der Waals surface area contributed by atoms with Crippen molar-refractivity contribution in [1.29, 1.82) is 0 Å². The van der Waals surface area contributed by atoms with E-state index in [1.165, 1.54) is 31.4 Å². The summed E-state index contributed by atoms with van der Waals surface area (Å²) in [5.74, 6) is 1.24. The van der Waals surface area contributed by atoms with Crippen molar-refractivity contribution in [1.82, 2.24) is 14.8 Å². The molecule has 7 heteroatoms. The molecule has 1 aliphatic rings. The molecule has 1 N–H and O–H groups in total. The first kappa shape index (κ1) is 22.0. The highest BCUT2D eigenvalue weighted by molar-refractivity contribution is 5.95. The smallest absolute Gasteiger partial charge is 0.251 e. The molecule has 0 spiro atoms. The van der Waals surface area contributed by atoms with Crippen LogP contribution in [-0.2, 0) is 7.05 Å². The Morgan fingerprint density at radius 1 is 1.03 bits per heavy atom. The molecular formula is C23H33N3O4. The number of carbonyl (C=O) groups is 1. The number of rotatable bonds is 8. The number of hydrogen-bond acceptors (Lipinski definition) is 5. The number of methoxy groups -OCH3 is 3. The van der Waals surface area contributed by atoms with Gasteiger partial charge < -0.3 is 24.1 Å². The van der Waals surface area contributed by atoms with Crippen LogP contribution in [0.3, 0.4) is 0 Å². The number of hydrogen-bond donors (Lipinski definition) is 1. The van der Waals surface area contributed by atoms with Crippen molar-refractivity contribution < 1.29 is 19.0 Å². The number of nitrogens with zero attached hydrogens (tertiary/aromatic N) is 2. The van der Waals surface area contributed by atoms with Gasteiger partial charge in [0.1, 0.15) is 0 Å². The quantitative estimate of drug-likeness (QED) is 0.716. The molecule has 1 fully saturated rings. The zero-order valence-electron chi connectivity index (χ0n) is 18.4. The Labute approximate surface area is 178 Å². The number of nitrogens with one attached hydrogen (secondary N) is 1. The highest BCUT2D eigenvalue weighted by atomic mass is 16.5. The summed E-state index contributed by atoms with van der Waals surface area (Å²) in [6.07, 6.45) is 6.99. The molecule has 30 heavy (non-hydrogen) atoms. The summed E-state index contributed by atoms with van der Waals surface area (Å²) in [7, 11) is 6.69. The number of aromatic nitrogens is 1. The molecule has 2 heterocycles. The van der Waals surface area contributed by atoms with Crippen LogP contribution in [0.4, 0.5) is 0 Å². The Morgan fingerprint density at radius 2 is 1.67 bits per heavy atom. The van der Waals surface area contributed by atoms with Crippen molar-refractivity contribution in [3.05, 3.63) is 41.7 Å². The van der Waals surface area contributed by atoms with Gasteiger partial charge in [0.2, 0.25) is 5.75 Å². The molecule has 0 bridgehead atoms. The Morgan fingerprint density at radius 3 is 2.17 bits per heavy atom. The van der Waals surface area contributed by atoms with Crippen LogP contribution in [0.2, 0.25) is 0 Å². The van der Waals surface area contributed by atoms with Crippen LogP contribution in [0.25, 0.3) is 0 Å². The average molecular weight is 416 g/mol. The number of ether oxygens (including phenoxy) is 3. The van der Waals surface area contributed by atoms with Crippen LogP contribution in [0.5, 0.6) is 17.2 Å². The number of aryl methyl sites for hydroxylation is 1. The van der Waals surface area contributed by atoms with Crippen LogP contribution >= 0.6 is 0 Å². The number of amides is 1. The molecule has 0 radical (unpaired) electrons. The van der Waals surface area contributed by atoms with E-state index in [9.17, 15) is 4.79 Å². The number of likely N-dealkylation sites (tertiary alicyclic amines) is 1. The van der Waals surface area contributed by atoms with Gasteiger partial charge in [-0.3, -0.25) is 9.69 Å². The van der Waals surface area contributed by atoms with Crippen molar-refractivity contribution in [3.63, 3.8) is 0 Å². The molecule has 0 aliphatic carbocycles. The summed E-state index contributed by atoms with van der Waals surface area (Å²) in [6.45, 7) is 2.64. The SMILES string of the molecule is COc1cc(C(=O)NCC(c2cccn2C)N2CCCCCC2)cc(OC)c1OC. The van der Waals surface area contributed by atoms with Gasteiger partial charge in [0.05, 0.1) is 27.4 Å². The molecular weight excluding hydrogens is 382 g/mol. The third-order valence-electron chi connectivity index (χ3n) is 5.79. The Bertz CT molecular complexity index is 816. The van der Waals surface area contributed by atoms with E-state index >= 15 is 0 Å². The largest absolute Gasteiger partial charge is 0.493 e. The lowest BCUT2D eigenvalue weighted by molar-refractivity contribution is 0.0930. The molecule has 0 saturated carbocycles. The van der Waals surface area contributed by atoms with E-state index in [1.54, 1.807) is 33.5 Å². The molecule has 1 saturated heterocycles. The summed E-state index contributed by atoms with van der Waals surface area (Å²) in [5, 5.41) is 3.13. The molecule has 2 aromatic rings. The molecule has 1 unspecified atom stereocenters. The van der Waals surface area contributed by atoms with Crippen molar-refractivity contribution in [3.8, 4) is 17.2 Å². The summed E-state index contributed by atoms with van der Waals surface area (Å²) in [6, 6.07) is 7.69. The lowest BCUT2D eigenvalue weighted by atomic mass is 10.1. The minimum absolute atomic E-state index is 0.133. The van der Waals surface area contributed by atoms with Crippen molar-refractivity contribution in [2.24, 2.45) is 7.05 Å². The minimum Gasteiger partial charge on any atom is -0.493 e. The summed E-state index contributed by atoms with van der Waals surface area (Å²) >= 11 is 0. The summed E-state index contributed by atoms with van der Waals surface area (Å²) in [5.41, 5.74) is 1.69. The van der Waals surface area contributed by atoms with Crippen molar-refractivity contribution >= 4 is 5.91 Å². The maximum absolute atomic E-state index is 13.0. The fourth-order valence-electron chi connectivity index (χ4n) is 4.15. The second-order valence-corrected chi connectivity index (χ2v) is 7.63. The van der Waals surface area contributed by atoms with E-state index in [2.05, 4.69) is 40.2 Å². The summed E-state index contributed by atoms with van der Waals surface area (Å²) < 4.78 is 18.3. The van der Waals surface area contributed by atoms with Crippen LogP contribution < -0.4 is 19.5 Å². The molecule has 3 rings (SSSR count). The molecule has 7 nitrogen and oxygen atoms in total. The van der Waals surface area contributed by atoms with Gasteiger partial charge in [0.15, 0.2) is 11.5 Å². The van der Waals surface area contributed by atoms with Gasteiger partial charge in [-0.1, -0.05) is 12.8 Å². The highest BCUT2D eigenvalue weighted by Crippen LogP contribution is 2.38. The lowest BCUT2D eigenvalue weighted by Crippen LogP contribution is -2.39. The molecule has 164 valence electrons. The second kappa shape index (κ2) is 10.4. The van der Waals surface area contributed by atoms with Gasteiger partial charge in [-0.15, -0.1) is 0 Å². The maximum Gasteiger partial charge on any atom is 0.251 e. The van der Waals surface area contributed by atoms with Crippen LogP contribution in [0.1, 0.15) is 47.8 Å². The lowest BCUT2D eigenvalue weighted by Gasteiger charge is -2.31. The van der Waals surface area contributed by atoms with Gasteiger partial charge in [-0.25, -0.2) is 0 Å². The highest BCUT2D eigenvalue weighted by Gasteiger charge is 2.25. The Hall–Kier alpha value is -2.67. The molecule has 1 aromatic carbocycles. The van der Waals surface area contributed by atoms with E-state index in [1.807, 2.05) is 0 Å². The third-order valence-corrected chi connectivity index (χ3v) is 5.79. The Balaban J connectivity index is 1.80. The predicted molar refractivity (Wildman–Crippen MR) is 117 cm³/mol. The minimum atomic E-state index is -0.164. The van der Waals surface area contributed by atoms with Gasteiger partial charge in [-0.05, 0) is 50.2 Å². The van der Waals surface area contributed by atoms with Crippen LogP contribution in [-0.4, -0.2) is 56.3 Å². The van der Waals surface area contributed by atoms with Crippen molar-refractivity contribution in [2.45, 2.75) is 31.7 Å². The van der Waals surface area contributed by atoms with Gasteiger partial charge in [0, 0.05) is 31.0 Å². The zero-order valence-corrected chi connectivity index (χ0v) is 18.4. The van der Waals surface area contributed by atoms with Gasteiger partial charge in [-0.2, -0.15) is 0 Å². The number of carbonyl (C=O) groups excluding carboxylic acids is 1. The molecule has 1 atom stereocenters. The van der Waals surface area contributed by atoms with E-state index in [4.69, 9.17) is 14.2 Å².